The monoisotopic (exact) mass is 524 g/mol. The van der Waals surface area contributed by atoms with Gasteiger partial charge in [-0.05, 0) is 93.6 Å². The Kier molecular flexibility index (Phi) is 7.25. The molecule has 1 atom stereocenters. The molecule has 1 N–H and O–H groups in total. The van der Waals surface area contributed by atoms with Crippen LogP contribution in [0.3, 0.4) is 0 Å². The second kappa shape index (κ2) is 10.7. The van der Waals surface area contributed by atoms with E-state index in [2.05, 4.69) is 36.3 Å². The van der Waals surface area contributed by atoms with Crippen LogP contribution >= 0.6 is 15.9 Å². The molecule has 5 rings (SSSR count). The smallest absolute Gasteiger partial charge is 0.241 e. The maximum Gasteiger partial charge on any atom is 0.241 e. The van der Waals surface area contributed by atoms with E-state index in [1.54, 1.807) is 0 Å². The van der Waals surface area contributed by atoms with Crippen LogP contribution in [0, 0.1) is 5.92 Å². The second-order valence-corrected chi connectivity index (χ2v) is 10.0. The maximum atomic E-state index is 12.9. The van der Waals surface area contributed by atoms with Gasteiger partial charge in [-0.2, -0.15) is 4.98 Å². The number of ether oxygens (including phenoxy) is 1. The Hall–Kier alpha value is -2.71. The summed E-state index contributed by atoms with van der Waals surface area (Å²) in [4.78, 5) is 19.7. The molecular weight excluding hydrogens is 496 g/mol. The number of piperidine rings is 1. The third-order valence-electron chi connectivity index (χ3n) is 6.53. The highest BCUT2D eigenvalue weighted by molar-refractivity contribution is 9.10. The van der Waals surface area contributed by atoms with Gasteiger partial charge in [0.2, 0.25) is 17.6 Å². The van der Waals surface area contributed by atoms with Gasteiger partial charge in [-0.3, -0.25) is 9.69 Å². The molecule has 2 heterocycles. The first-order chi connectivity index (χ1) is 16.6. The molecule has 1 aliphatic carbocycles. The van der Waals surface area contributed by atoms with Crippen LogP contribution < -0.4 is 10.1 Å². The van der Waals surface area contributed by atoms with E-state index in [0.29, 0.717) is 30.9 Å². The number of benzene rings is 2. The molecule has 2 aliphatic rings. The fourth-order valence-corrected chi connectivity index (χ4v) is 4.96. The molecule has 3 aromatic rings. The number of anilines is 1. The van der Waals surface area contributed by atoms with Gasteiger partial charge in [0.1, 0.15) is 5.75 Å². The summed E-state index contributed by atoms with van der Waals surface area (Å²) in [7, 11) is 0. The van der Waals surface area contributed by atoms with Crippen molar-refractivity contribution < 1.29 is 14.1 Å². The predicted octanol–water partition coefficient (Wildman–Crippen LogP) is 5.67. The summed E-state index contributed by atoms with van der Waals surface area (Å²) in [6.45, 7) is 2.12. The van der Waals surface area contributed by atoms with E-state index < -0.39 is 0 Å². The summed E-state index contributed by atoms with van der Waals surface area (Å²) in [6, 6.07) is 15.5. The van der Waals surface area contributed by atoms with Gasteiger partial charge >= 0.3 is 0 Å². The van der Waals surface area contributed by atoms with Crippen LogP contribution in [0.1, 0.15) is 44.4 Å². The van der Waals surface area contributed by atoms with Gasteiger partial charge < -0.3 is 14.6 Å². The average Bonchev–Trinajstić information content (AvgIpc) is 3.53. The van der Waals surface area contributed by atoms with E-state index in [-0.39, 0.29) is 11.8 Å². The Bertz CT molecular complexity index is 1090. The van der Waals surface area contributed by atoms with Gasteiger partial charge in [0.25, 0.3) is 0 Å². The van der Waals surface area contributed by atoms with E-state index in [4.69, 9.17) is 9.26 Å². The summed E-state index contributed by atoms with van der Waals surface area (Å²) in [5.41, 5.74) is 1.71. The molecule has 1 saturated carbocycles. The van der Waals surface area contributed by atoms with Crippen molar-refractivity contribution in [3.63, 3.8) is 0 Å². The molecule has 0 spiro atoms. The number of rotatable bonds is 7. The third kappa shape index (κ3) is 5.85. The van der Waals surface area contributed by atoms with Crippen molar-refractivity contribution in [1.82, 2.24) is 15.0 Å². The second-order valence-electron chi connectivity index (χ2n) is 9.13. The zero-order valence-electron chi connectivity index (χ0n) is 19.1. The lowest BCUT2D eigenvalue weighted by atomic mass is 9.97. The molecule has 1 amide bonds. The normalized spacial score (nSPS) is 19.3. The van der Waals surface area contributed by atoms with Crippen LogP contribution in [0.25, 0.3) is 11.4 Å². The Labute approximate surface area is 208 Å². The minimum atomic E-state index is -0.0722. The molecule has 1 aromatic heterocycles. The number of amides is 1. The molecule has 178 valence electrons. The maximum absolute atomic E-state index is 12.9. The summed E-state index contributed by atoms with van der Waals surface area (Å²) in [5.74, 6) is 1.99. The van der Waals surface area contributed by atoms with Gasteiger partial charge in [0.05, 0.1) is 18.6 Å². The number of aromatic nitrogens is 2. The number of nitrogens with one attached hydrogen (secondary N) is 1. The fraction of sp³-hybridized carbons (Fsp3) is 0.423. The lowest BCUT2D eigenvalue weighted by molar-refractivity contribution is -0.121. The first kappa shape index (κ1) is 23.1. The van der Waals surface area contributed by atoms with Crippen LogP contribution in [0.5, 0.6) is 5.75 Å². The zero-order chi connectivity index (χ0) is 23.3. The van der Waals surface area contributed by atoms with E-state index in [0.717, 1.165) is 53.7 Å². The highest BCUT2D eigenvalue weighted by Crippen LogP contribution is 2.26. The quantitative estimate of drug-likeness (QED) is 0.428. The van der Waals surface area contributed by atoms with Crippen molar-refractivity contribution in [2.24, 2.45) is 5.92 Å². The van der Waals surface area contributed by atoms with Crippen molar-refractivity contribution in [3.05, 3.63) is 58.9 Å². The van der Waals surface area contributed by atoms with Gasteiger partial charge in [0.15, 0.2) is 0 Å². The number of hydrogen-bond donors (Lipinski definition) is 1. The lowest BCUT2D eigenvalue weighted by Crippen LogP contribution is -2.40. The van der Waals surface area contributed by atoms with E-state index in [9.17, 15) is 4.79 Å². The molecular formula is C26H29BrN4O3. The average molecular weight is 525 g/mol. The topological polar surface area (TPSA) is 80.5 Å². The zero-order valence-corrected chi connectivity index (χ0v) is 20.7. The highest BCUT2D eigenvalue weighted by atomic mass is 79.9. The van der Waals surface area contributed by atoms with Crippen LogP contribution in [-0.2, 0) is 11.3 Å². The third-order valence-corrected chi connectivity index (χ3v) is 7.06. The van der Waals surface area contributed by atoms with E-state index in [1.807, 2.05) is 48.5 Å². The standard InChI is InChI=1S/C26H29BrN4O3/c27-20-9-7-18(8-10-20)25-29-24(34-30-25)17-31-15-3-4-19(16-31)26(32)28-21-11-13-23(14-12-21)33-22-5-1-2-6-22/h7-14,19,22H,1-6,15-17H2,(H,28,32). The fourth-order valence-electron chi connectivity index (χ4n) is 4.70. The van der Waals surface area contributed by atoms with Crippen molar-refractivity contribution in [2.75, 3.05) is 18.4 Å². The summed E-state index contributed by atoms with van der Waals surface area (Å²) >= 11 is 3.44. The first-order valence-corrected chi connectivity index (χ1v) is 12.8. The Morgan fingerprint density at radius 2 is 1.82 bits per heavy atom. The minimum absolute atomic E-state index is 0.0511. The van der Waals surface area contributed by atoms with E-state index in [1.165, 1.54) is 12.8 Å². The summed E-state index contributed by atoms with van der Waals surface area (Å²) in [5, 5.41) is 7.18. The number of likely N-dealkylation sites (tertiary alicyclic amines) is 1. The molecule has 0 bridgehead atoms. The lowest BCUT2D eigenvalue weighted by Gasteiger charge is -2.30. The number of carbonyl (C=O) groups is 1. The van der Waals surface area contributed by atoms with Crippen LogP contribution in [0.4, 0.5) is 5.69 Å². The minimum Gasteiger partial charge on any atom is -0.490 e. The molecule has 2 aromatic carbocycles. The predicted molar refractivity (Wildman–Crippen MR) is 133 cm³/mol. The Morgan fingerprint density at radius 3 is 2.59 bits per heavy atom. The molecule has 8 heteroatoms. The molecule has 7 nitrogen and oxygen atoms in total. The summed E-state index contributed by atoms with van der Waals surface area (Å²) < 4.78 is 12.5. The molecule has 34 heavy (non-hydrogen) atoms. The molecule has 2 fully saturated rings. The SMILES string of the molecule is O=C(Nc1ccc(OC2CCCC2)cc1)C1CCCN(Cc2nc(-c3ccc(Br)cc3)no2)C1. The van der Waals surface area contributed by atoms with Gasteiger partial charge in [-0.1, -0.05) is 21.1 Å². The first-order valence-electron chi connectivity index (χ1n) is 12.0. The van der Waals surface area contributed by atoms with Crippen molar-refractivity contribution in [2.45, 2.75) is 51.2 Å². The number of carbonyl (C=O) groups excluding carboxylic acids is 1. The van der Waals surface area contributed by atoms with Crippen molar-refractivity contribution >= 4 is 27.5 Å². The Balaban J connectivity index is 1.13. The van der Waals surface area contributed by atoms with Crippen LogP contribution in [0.15, 0.2) is 57.5 Å². The Morgan fingerprint density at radius 1 is 1.06 bits per heavy atom. The molecule has 1 unspecified atom stereocenters. The number of nitrogens with zero attached hydrogens (tertiary/aromatic N) is 3. The van der Waals surface area contributed by atoms with E-state index >= 15 is 0 Å². The molecule has 1 saturated heterocycles. The summed E-state index contributed by atoms with van der Waals surface area (Å²) in [6.07, 6.45) is 6.92. The molecule has 0 radical (unpaired) electrons. The van der Waals surface area contributed by atoms with Gasteiger partial charge in [-0.25, -0.2) is 0 Å². The van der Waals surface area contributed by atoms with Gasteiger partial charge in [-0.15, -0.1) is 0 Å². The highest BCUT2D eigenvalue weighted by Gasteiger charge is 2.27. The van der Waals surface area contributed by atoms with Gasteiger partial charge in [0, 0.05) is 22.3 Å². The van der Waals surface area contributed by atoms with Crippen molar-refractivity contribution in [3.8, 4) is 17.1 Å². The van der Waals surface area contributed by atoms with Crippen LogP contribution in [-0.4, -0.2) is 40.1 Å². The molecule has 1 aliphatic heterocycles. The largest absolute Gasteiger partial charge is 0.490 e. The number of halogens is 1. The van der Waals surface area contributed by atoms with Crippen molar-refractivity contribution in [1.29, 1.82) is 0 Å². The van der Waals surface area contributed by atoms with Crippen LogP contribution in [0.2, 0.25) is 0 Å². The number of hydrogen-bond acceptors (Lipinski definition) is 6.